The van der Waals surface area contributed by atoms with Crippen molar-refractivity contribution in [3.8, 4) is 0 Å². The van der Waals surface area contributed by atoms with Crippen LogP contribution in [0.25, 0.3) is 0 Å². The molecule has 0 aliphatic carbocycles. The van der Waals surface area contributed by atoms with Crippen molar-refractivity contribution in [2.45, 2.75) is 19.3 Å². The van der Waals surface area contributed by atoms with Crippen LogP contribution in [0.5, 0.6) is 0 Å². The van der Waals surface area contributed by atoms with Crippen LogP contribution >= 0.6 is 15.9 Å². The van der Waals surface area contributed by atoms with E-state index in [-0.39, 0.29) is 12.5 Å². The smallest absolute Gasteiger partial charge is 0.247 e. The van der Waals surface area contributed by atoms with Crippen LogP contribution in [0.2, 0.25) is 0 Å². The minimum Gasteiger partial charge on any atom is -0.381 e. The Morgan fingerprint density at radius 1 is 1.45 bits per heavy atom. The first-order valence-electron chi connectivity index (χ1n) is 6.88. The van der Waals surface area contributed by atoms with Gasteiger partial charge >= 0.3 is 0 Å². The molecule has 7 heteroatoms. The summed E-state index contributed by atoms with van der Waals surface area (Å²) in [5.74, 6) is 1.99. The van der Waals surface area contributed by atoms with Gasteiger partial charge in [-0.05, 0) is 41.1 Å². The molecule has 1 fully saturated rings. The number of fused-ring (bicyclic) bond motifs is 1. The van der Waals surface area contributed by atoms with Gasteiger partial charge in [-0.3, -0.25) is 9.69 Å². The number of nitrogens with zero attached hydrogens (tertiary/aromatic N) is 3. The number of nitrogens with one attached hydrogen (secondary N) is 1. The minimum absolute atomic E-state index is 0.0527. The fourth-order valence-electron chi connectivity index (χ4n) is 2.62. The standard InChI is InChI=1S/C13H17BrN4O2/c14-10-7-15-12-13(17-10)18(11(19)8-16-12)4-1-9-2-5-20-6-3-9/h7,9H,1-6,8H2,(H,15,16). The average molecular weight is 341 g/mol. The molecule has 0 unspecified atom stereocenters. The molecule has 0 radical (unpaired) electrons. The second-order valence-electron chi connectivity index (χ2n) is 5.11. The number of carbonyl (C=O) groups is 1. The first kappa shape index (κ1) is 13.8. The molecule has 3 rings (SSSR count). The van der Waals surface area contributed by atoms with Gasteiger partial charge in [0, 0.05) is 19.8 Å². The Morgan fingerprint density at radius 2 is 2.25 bits per heavy atom. The van der Waals surface area contributed by atoms with Gasteiger partial charge in [0.1, 0.15) is 4.60 Å². The third kappa shape index (κ3) is 2.93. The van der Waals surface area contributed by atoms with E-state index in [4.69, 9.17) is 4.74 Å². The van der Waals surface area contributed by atoms with Crippen LogP contribution in [-0.4, -0.2) is 42.2 Å². The molecule has 6 nitrogen and oxygen atoms in total. The fraction of sp³-hybridized carbons (Fsp3) is 0.615. The third-order valence-corrected chi connectivity index (χ3v) is 4.17. The van der Waals surface area contributed by atoms with Gasteiger partial charge in [-0.1, -0.05) is 0 Å². The zero-order valence-corrected chi connectivity index (χ0v) is 12.7. The lowest BCUT2D eigenvalue weighted by Crippen LogP contribution is -2.42. The van der Waals surface area contributed by atoms with E-state index in [2.05, 4.69) is 31.2 Å². The summed E-state index contributed by atoms with van der Waals surface area (Å²) >= 11 is 3.31. The Hall–Kier alpha value is -1.21. The number of amides is 1. The van der Waals surface area contributed by atoms with Crippen LogP contribution in [0.15, 0.2) is 10.8 Å². The maximum absolute atomic E-state index is 12.1. The SMILES string of the molecule is O=C1CNc2ncc(Br)nc2N1CCC1CCOCC1. The monoisotopic (exact) mass is 340 g/mol. The molecule has 0 bridgehead atoms. The maximum atomic E-state index is 12.1. The number of hydrogen-bond donors (Lipinski definition) is 1. The number of aromatic nitrogens is 2. The zero-order chi connectivity index (χ0) is 13.9. The lowest BCUT2D eigenvalue weighted by atomic mass is 9.96. The summed E-state index contributed by atoms with van der Waals surface area (Å²) in [5, 5.41) is 3.00. The molecule has 1 amide bonds. The predicted octanol–water partition coefficient (Wildman–Crippen LogP) is 1.81. The Balaban J connectivity index is 1.71. The number of hydrogen-bond acceptors (Lipinski definition) is 5. The van der Waals surface area contributed by atoms with Crippen molar-refractivity contribution in [1.82, 2.24) is 9.97 Å². The highest BCUT2D eigenvalue weighted by atomic mass is 79.9. The summed E-state index contributed by atoms with van der Waals surface area (Å²) in [6, 6.07) is 0. The van der Waals surface area contributed by atoms with E-state index >= 15 is 0 Å². The van der Waals surface area contributed by atoms with Crippen molar-refractivity contribution in [1.29, 1.82) is 0 Å². The molecule has 108 valence electrons. The van der Waals surface area contributed by atoms with Crippen LogP contribution in [-0.2, 0) is 9.53 Å². The molecule has 0 aromatic carbocycles. The van der Waals surface area contributed by atoms with Crippen LogP contribution in [0.3, 0.4) is 0 Å². The highest BCUT2D eigenvalue weighted by Crippen LogP contribution is 2.28. The van der Waals surface area contributed by atoms with Crippen molar-refractivity contribution in [3.63, 3.8) is 0 Å². The number of rotatable bonds is 3. The van der Waals surface area contributed by atoms with Gasteiger partial charge in [-0.25, -0.2) is 9.97 Å². The molecule has 0 atom stereocenters. The normalized spacial score (nSPS) is 19.6. The summed E-state index contributed by atoms with van der Waals surface area (Å²) in [4.78, 5) is 22.5. The quantitative estimate of drug-likeness (QED) is 0.908. The van der Waals surface area contributed by atoms with Gasteiger partial charge in [0.15, 0.2) is 11.6 Å². The van der Waals surface area contributed by atoms with Crippen LogP contribution in [0.1, 0.15) is 19.3 Å². The van der Waals surface area contributed by atoms with Gasteiger partial charge < -0.3 is 10.1 Å². The third-order valence-electron chi connectivity index (χ3n) is 3.79. The van der Waals surface area contributed by atoms with E-state index < -0.39 is 0 Å². The van der Waals surface area contributed by atoms with Crippen LogP contribution in [0, 0.1) is 5.92 Å². The minimum atomic E-state index is 0.0527. The molecule has 1 N–H and O–H groups in total. The molecule has 0 saturated carbocycles. The Morgan fingerprint density at radius 3 is 3.05 bits per heavy atom. The van der Waals surface area contributed by atoms with Crippen molar-refractivity contribution in [2.24, 2.45) is 5.92 Å². The second-order valence-corrected chi connectivity index (χ2v) is 5.92. The van der Waals surface area contributed by atoms with Crippen LogP contribution < -0.4 is 10.2 Å². The number of carbonyl (C=O) groups excluding carboxylic acids is 1. The topological polar surface area (TPSA) is 67.4 Å². The second kappa shape index (κ2) is 6.05. The van der Waals surface area contributed by atoms with Crippen molar-refractivity contribution in [3.05, 3.63) is 10.8 Å². The van der Waals surface area contributed by atoms with Crippen molar-refractivity contribution < 1.29 is 9.53 Å². The zero-order valence-electron chi connectivity index (χ0n) is 11.1. The fourth-order valence-corrected chi connectivity index (χ4v) is 2.89. The summed E-state index contributed by atoms with van der Waals surface area (Å²) in [6.45, 7) is 2.66. The summed E-state index contributed by atoms with van der Waals surface area (Å²) in [6.07, 6.45) is 4.79. The van der Waals surface area contributed by atoms with Gasteiger partial charge in [0.25, 0.3) is 0 Å². The molecule has 2 aliphatic rings. The largest absolute Gasteiger partial charge is 0.381 e. The molecular formula is C13H17BrN4O2. The lowest BCUT2D eigenvalue weighted by Gasteiger charge is -2.30. The van der Waals surface area contributed by atoms with E-state index in [0.717, 1.165) is 32.5 Å². The molecular weight excluding hydrogens is 324 g/mol. The summed E-state index contributed by atoms with van der Waals surface area (Å²) in [5.41, 5.74) is 0. The molecule has 1 saturated heterocycles. The predicted molar refractivity (Wildman–Crippen MR) is 78.7 cm³/mol. The molecule has 20 heavy (non-hydrogen) atoms. The molecule has 1 aromatic heterocycles. The van der Waals surface area contributed by atoms with Gasteiger partial charge in [-0.15, -0.1) is 0 Å². The Labute approximate surface area is 126 Å². The molecule has 1 aromatic rings. The number of ether oxygens (including phenoxy) is 1. The lowest BCUT2D eigenvalue weighted by molar-refractivity contribution is -0.117. The highest BCUT2D eigenvalue weighted by Gasteiger charge is 2.27. The molecule has 0 spiro atoms. The summed E-state index contributed by atoms with van der Waals surface area (Å²) < 4.78 is 6.01. The van der Waals surface area contributed by atoms with E-state index in [9.17, 15) is 4.79 Å². The van der Waals surface area contributed by atoms with Gasteiger partial charge in [0.05, 0.1) is 12.7 Å². The van der Waals surface area contributed by atoms with Gasteiger partial charge in [0.2, 0.25) is 5.91 Å². The number of anilines is 2. The van der Waals surface area contributed by atoms with E-state index in [1.807, 2.05) is 0 Å². The van der Waals surface area contributed by atoms with Gasteiger partial charge in [-0.2, -0.15) is 0 Å². The van der Waals surface area contributed by atoms with E-state index in [1.54, 1.807) is 11.1 Å². The number of halogens is 1. The Kier molecular flexibility index (Phi) is 4.16. The van der Waals surface area contributed by atoms with Crippen molar-refractivity contribution >= 4 is 33.5 Å². The summed E-state index contributed by atoms with van der Waals surface area (Å²) in [7, 11) is 0. The maximum Gasteiger partial charge on any atom is 0.247 e. The van der Waals surface area contributed by atoms with Crippen LogP contribution in [0.4, 0.5) is 11.6 Å². The van der Waals surface area contributed by atoms with E-state index in [1.165, 1.54) is 0 Å². The molecule has 2 aliphatic heterocycles. The highest BCUT2D eigenvalue weighted by molar-refractivity contribution is 9.10. The van der Waals surface area contributed by atoms with Crippen molar-refractivity contribution in [2.75, 3.05) is 36.5 Å². The Bertz CT molecular complexity index is 505. The molecule has 3 heterocycles. The first-order valence-corrected chi connectivity index (χ1v) is 7.68. The first-order chi connectivity index (χ1) is 9.74. The van der Waals surface area contributed by atoms with E-state index in [0.29, 0.717) is 28.7 Å². The average Bonchev–Trinajstić information content (AvgIpc) is 2.47.